The van der Waals surface area contributed by atoms with Gasteiger partial charge in [0.2, 0.25) is 0 Å². The zero-order chi connectivity index (χ0) is 16.4. The normalized spacial score (nSPS) is 10.4. The monoisotopic (exact) mass is 320 g/mol. The second-order valence-corrected chi connectivity index (χ2v) is 6.06. The van der Waals surface area contributed by atoms with Gasteiger partial charge in [-0.2, -0.15) is 0 Å². The number of hydrogen-bond acceptors (Lipinski definition) is 3. The van der Waals surface area contributed by atoms with Gasteiger partial charge in [-0.05, 0) is 22.6 Å². The summed E-state index contributed by atoms with van der Waals surface area (Å²) in [6, 6.07) is 17.4. The Kier molecular flexibility index (Phi) is 3.95. The molecule has 3 rings (SSSR count). The van der Waals surface area contributed by atoms with Crippen molar-refractivity contribution >= 4 is 23.0 Å². The van der Waals surface area contributed by atoms with Crippen LogP contribution in [0.25, 0.3) is 21.6 Å². The van der Waals surface area contributed by atoms with Gasteiger partial charge in [0.1, 0.15) is 11.7 Å². The summed E-state index contributed by atoms with van der Waals surface area (Å²) >= 11 is 1.67. The minimum absolute atomic E-state index is 0.0712. The Morgan fingerprint density at radius 2 is 1.17 bits per heavy atom. The summed E-state index contributed by atoms with van der Waals surface area (Å²) in [7, 11) is 0. The Morgan fingerprint density at radius 3 is 1.65 bits per heavy atom. The first-order valence-corrected chi connectivity index (χ1v) is 7.91. The van der Waals surface area contributed by atoms with Crippen LogP contribution >= 0.6 is 11.3 Å². The molecule has 1 aromatic heterocycles. The van der Waals surface area contributed by atoms with Gasteiger partial charge in [-0.25, -0.2) is 0 Å². The largest absolute Gasteiger partial charge is 0.384 e. The lowest BCUT2D eigenvalue weighted by atomic mass is 10.0. The SMILES string of the molecule is N=C(N)c1ccc(-c2ccsc2-c2ccc(C(=N)N)cc2)cc1. The minimum atomic E-state index is 0.0712. The maximum atomic E-state index is 7.46. The second kappa shape index (κ2) is 6.06. The molecular weight excluding hydrogens is 304 g/mol. The Hall–Kier alpha value is -2.92. The van der Waals surface area contributed by atoms with Crippen molar-refractivity contribution in [2.75, 3.05) is 0 Å². The van der Waals surface area contributed by atoms with Gasteiger partial charge in [0.05, 0.1) is 0 Å². The van der Waals surface area contributed by atoms with E-state index in [4.69, 9.17) is 22.3 Å². The predicted molar refractivity (Wildman–Crippen MR) is 97.2 cm³/mol. The molecular formula is C18H16N4S. The highest BCUT2D eigenvalue weighted by Gasteiger charge is 2.10. The molecule has 3 aromatic rings. The van der Waals surface area contributed by atoms with Crippen LogP contribution in [-0.2, 0) is 0 Å². The van der Waals surface area contributed by atoms with E-state index in [9.17, 15) is 0 Å². The zero-order valence-electron chi connectivity index (χ0n) is 12.3. The third kappa shape index (κ3) is 3.00. The smallest absolute Gasteiger partial charge is 0.122 e. The molecule has 0 aliphatic rings. The summed E-state index contributed by atoms with van der Waals surface area (Å²) in [4.78, 5) is 1.16. The van der Waals surface area contributed by atoms with Crippen molar-refractivity contribution in [1.29, 1.82) is 10.8 Å². The third-order valence-electron chi connectivity index (χ3n) is 3.63. The lowest BCUT2D eigenvalue weighted by Crippen LogP contribution is -2.10. The lowest BCUT2D eigenvalue weighted by Gasteiger charge is -2.07. The highest BCUT2D eigenvalue weighted by molar-refractivity contribution is 7.14. The molecule has 4 nitrogen and oxygen atoms in total. The van der Waals surface area contributed by atoms with E-state index in [0.29, 0.717) is 0 Å². The van der Waals surface area contributed by atoms with Crippen LogP contribution in [0.2, 0.25) is 0 Å². The molecule has 0 fully saturated rings. The first kappa shape index (κ1) is 15.0. The average Bonchev–Trinajstić information content (AvgIpc) is 3.04. The molecule has 114 valence electrons. The van der Waals surface area contributed by atoms with E-state index in [1.54, 1.807) is 11.3 Å². The van der Waals surface area contributed by atoms with E-state index in [1.807, 2.05) is 48.5 Å². The molecule has 0 amide bonds. The number of nitrogens with two attached hydrogens (primary N) is 2. The molecule has 6 N–H and O–H groups in total. The fourth-order valence-corrected chi connectivity index (χ4v) is 3.32. The molecule has 0 saturated carbocycles. The van der Waals surface area contributed by atoms with Gasteiger partial charge >= 0.3 is 0 Å². The van der Waals surface area contributed by atoms with E-state index in [-0.39, 0.29) is 11.7 Å². The first-order valence-electron chi connectivity index (χ1n) is 7.03. The van der Waals surface area contributed by atoms with Gasteiger partial charge in [0.15, 0.2) is 0 Å². The second-order valence-electron chi connectivity index (χ2n) is 5.15. The molecule has 0 bridgehead atoms. The highest BCUT2D eigenvalue weighted by atomic mass is 32.1. The number of hydrogen-bond donors (Lipinski definition) is 4. The zero-order valence-corrected chi connectivity index (χ0v) is 13.2. The maximum Gasteiger partial charge on any atom is 0.122 e. The molecule has 0 spiro atoms. The van der Waals surface area contributed by atoms with E-state index in [2.05, 4.69) is 11.4 Å². The molecule has 1 heterocycles. The van der Waals surface area contributed by atoms with E-state index in [1.165, 1.54) is 0 Å². The Balaban J connectivity index is 1.98. The fourth-order valence-electron chi connectivity index (χ4n) is 2.39. The van der Waals surface area contributed by atoms with Crippen LogP contribution in [0.4, 0.5) is 0 Å². The molecule has 0 radical (unpaired) electrons. The van der Waals surface area contributed by atoms with Crippen molar-refractivity contribution in [2.24, 2.45) is 11.5 Å². The van der Waals surface area contributed by atoms with Gasteiger partial charge < -0.3 is 11.5 Å². The predicted octanol–water partition coefficient (Wildman–Crippen LogP) is 3.65. The number of thiophene rings is 1. The van der Waals surface area contributed by atoms with Crippen LogP contribution in [-0.4, -0.2) is 11.7 Å². The lowest BCUT2D eigenvalue weighted by molar-refractivity contribution is 1.42. The summed E-state index contributed by atoms with van der Waals surface area (Å²) in [6.45, 7) is 0. The molecule has 5 heteroatoms. The Morgan fingerprint density at radius 1 is 0.696 bits per heavy atom. The number of rotatable bonds is 4. The third-order valence-corrected chi connectivity index (χ3v) is 4.59. The van der Waals surface area contributed by atoms with Crippen LogP contribution in [0.5, 0.6) is 0 Å². The van der Waals surface area contributed by atoms with Crippen molar-refractivity contribution < 1.29 is 0 Å². The van der Waals surface area contributed by atoms with E-state index >= 15 is 0 Å². The maximum absolute atomic E-state index is 7.46. The van der Waals surface area contributed by atoms with Crippen LogP contribution in [0, 0.1) is 10.8 Å². The molecule has 0 saturated heterocycles. The molecule has 0 atom stereocenters. The number of amidine groups is 2. The molecule has 0 aliphatic heterocycles. The van der Waals surface area contributed by atoms with Gasteiger partial charge in [-0.15, -0.1) is 11.3 Å². The first-order chi connectivity index (χ1) is 11.1. The van der Waals surface area contributed by atoms with E-state index in [0.717, 1.165) is 32.7 Å². The van der Waals surface area contributed by atoms with Gasteiger partial charge in [-0.1, -0.05) is 48.5 Å². The van der Waals surface area contributed by atoms with Crippen molar-refractivity contribution in [3.63, 3.8) is 0 Å². The van der Waals surface area contributed by atoms with Crippen LogP contribution in [0.15, 0.2) is 60.0 Å². The summed E-state index contributed by atoms with van der Waals surface area (Å²) in [5.74, 6) is 0.143. The van der Waals surface area contributed by atoms with Crippen molar-refractivity contribution in [3.05, 3.63) is 71.1 Å². The summed E-state index contributed by atoms with van der Waals surface area (Å²) in [5.41, 5.74) is 15.8. The molecule has 0 unspecified atom stereocenters. The van der Waals surface area contributed by atoms with Crippen molar-refractivity contribution in [3.8, 4) is 21.6 Å². The quantitative estimate of drug-likeness (QED) is 0.436. The summed E-state index contributed by atoms with van der Waals surface area (Å²) in [5, 5.41) is 17.0. The van der Waals surface area contributed by atoms with Crippen LogP contribution < -0.4 is 11.5 Å². The summed E-state index contributed by atoms with van der Waals surface area (Å²) < 4.78 is 0. The topological polar surface area (TPSA) is 99.7 Å². The number of nitrogens with one attached hydrogen (secondary N) is 2. The Labute approximate surface area is 138 Å². The molecule has 2 aromatic carbocycles. The summed E-state index contributed by atoms with van der Waals surface area (Å²) in [6.07, 6.45) is 0. The van der Waals surface area contributed by atoms with E-state index < -0.39 is 0 Å². The van der Waals surface area contributed by atoms with Gasteiger partial charge in [-0.3, -0.25) is 10.8 Å². The minimum Gasteiger partial charge on any atom is -0.384 e. The fraction of sp³-hybridized carbons (Fsp3) is 0. The van der Waals surface area contributed by atoms with Gasteiger partial charge in [0, 0.05) is 21.6 Å². The number of nitrogen functional groups attached to an aromatic ring is 2. The van der Waals surface area contributed by atoms with Gasteiger partial charge in [0.25, 0.3) is 0 Å². The standard InChI is InChI=1S/C18H16N4S/c19-17(20)13-5-1-11(2-6-13)15-9-10-23-16(15)12-3-7-14(8-4-12)18(21)22/h1-10H,(H3,19,20)(H3,21,22). The highest BCUT2D eigenvalue weighted by Crippen LogP contribution is 2.36. The van der Waals surface area contributed by atoms with Crippen molar-refractivity contribution in [2.45, 2.75) is 0 Å². The Bertz CT molecular complexity index is 789. The molecule has 0 aliphatic carbocycles. The average molecular weight is 320 g/mol. The van der Waals surface area contributed by atoms with Crippen LogP contribution in [0.3, 0.4) is 0 Å². The van der Waals surface area contributed by atoms with Crippen molar-refractivity contribution in [1.82, 2.24) is 0 Å². The number of benzene rings is 2. The molecule has 23 heavy (non-hydrogen) atoms. The van der Waals surface area contributed by atoms with Crippen LogP contribution in [0.1, 0.15) is 11.1 Å².